The normalized spacial score (nSPS) is 10.7. The van der Waals surface area contributed by atoms with E-state index in [1.165, 1.54) is 19.3 Å². The van der Waals surface area contributed by atoms with Crippen LogP contribution in [0.5, 0.6) is 0 Å². The average Bonchev–Trinajstić information content (AvgIpc) is 2.35. The molecule has 3 heteroatoms. The summed E-state index contributed by atoms with van der Waals surface area (Å²) < 4.78 is 5.51. The molecule has 0 spiro atoms. The van der Waals surface area contributed by atoms with Crippen LogP contribution >= 0.6 is 0 Å². The summed E-state index contributed by atoms with van der Waals surface area (Å²) in [6.07, 6.45) is 6.64. The standard InChI is InChI=1S/C15H30N2O/c1-5-7-8-9-13-18-14(3)15(16)10-12-17(4)11-6-2/h16H,3,5-13H2,1-2,4H3. The van der Waals surface area contributed by atoms with Crippen molar-refractivity contribution < 1.29 is 4.74 Å². The molecule has 3 nitrogen and oxygen atoms in total. The summed E-state index contributed by atoms with van der Waals surface area (Å²) in [6, 6.07) is 0. The van der Waals surface area contributed by atoms with E-state index in [-0.39, 0.29) is 0 Å². The molecule has 0 atom stereocenters. The average molecular weight is 254 g/mol. The van der Waals surface area contributed by atoms with Crippen LogP contribution in [0.25, 0.3) is 0 Å². The molecule has 0 aliphatic carbocycles. The minimum Gasteiger partial charge on any atom is -0.492 e. The zero-order chi connectivity index (χ0) is 13.8. The van der Waals surface area contributed by atoms with Crippen LogP contribution in [0.3, 0.4) is 0 Å². The van der Waals surface area contributed by atoms with Gasteiger partial charge in [0.15, 0.2) is 0 Å². The minimum atomic E-state index is 0.536. The first-order valence-electron chi connectivity index (χ1n) is 7.19. The third-order valence-corrected chi connectivity index (χ3v) is 2.96. The van der Waals surface area contributed by atoms with Gasteiger partial charge in [0.2, 0.25) is 0 Å². The fourth-order valence-electron chi connectivity index (χ4n) is 1.75. The Kier molecular flexibility index (Phi) is 10.8. The second-order valence-corrected chi connectivity index (χ2v) is 4.86. The molecule has 0 saturated heterocycles. The predicted molar refractivity (Wildman–Crippen MR) is 79.4 cm³/mol. The maximum atomic E-state index is 7.89. The van der Waals surface area contributed by atoms with Crippen molar-refractivity contribution in [3.8, 4) is 0 Å². The summed E-state index contributed by atoms with van der Waals surface area (Å²) >= 11 is 0. The third-order valence-electron chi connectivity index (χ3n) is 2.96. The quantitative estimate of drug-likeness (QED) is 0.326. The molecule has 1 N–H and O–H groups in total. The second-order valence-electron chi connectivity index (χ2n) is 4.86. The van der Waals surface area contributed by atoms with Gasteiger partial charge in [0.25, 0.3) is 0 Å². The minimum absolute atomic E-state index is 0.536. The Bertz CT molecular complexity index is 239. The number of rotatable bonds is 12. The van der Waals surface area contributed by atoms with E-state index in [2.05, 4.69) is 32.4 Å². The molecule has 0 amide bonds. The first-order chi connectivity index (χ1) is 8.61. The van der Waals surface area contributed by atoms with E-state index in [4.69, 9.17) is 10.1 Å². The summed E-state index contributed by atoms with van der Waals surface area (Å²) in [7, 11) is 2.09. The highest BCUT2D eigenvalue weighted by atomic mass is 16.5. The van der Waals surface area contributed by atoms with Crippen molar-refractivity contribution in [2.45, 2.75) is 52.4 Å². The zero-order valence-electron chi connectivity index (χ0n) is 12.4. The van der Waals surface area contributed by atoms with Gasteiger partial charge in [-0.25, -0.2) is 0 Å². The van der Waals surface area contributed by atoms with Gasteiger partial charge in [-0.05, 0) is 26.4 Å². The largest absolute Gasteiger partial charge is 0.492 e. The maximum Gasteiger partial charge on any atom is 0.132 e. The molecular weight excluding hydrogens is 224 g/mol. The van der Waals surface area contributed by atoms with Gasteiger partial charge in [-0.1, -0.05) is 39.7 Å². The lowest BCUT2D eigenvalue weighted by atomic mass is 10.2. The van der Waals surface area contributed by atoms with Crippen molar-refractivity contribution in [3.63, 3.8) is 0 Å². The third kappa shape index (κ3) is 9.23. The molecule has 0 heterocycles. The van der Waals surface area contributed by atoms with Crippen LogP contribution in [0, 0.1) is 5.41 Å². The van der Waals surface area contributed by atoms with E-state index in [1.54, 1.807) is 0 Å². The zero-order valence-corrected chi connectivity index (χ0v) is 12.4. The molecule has 0 aliphatic heterocycles. The Morgan fingerprint density at radius 1 is 1.11 bits per heavy atom. The Labute approximate surface area is 113 Å². The van der Waals surface area contributed by atoms with E-state index >= 15 is 0 Å². The number of nitrogens with zero attached hydrogens (tertiary/aromatic N) is 1. The molecule has 0 unspecified atom stereocenters. The van der Waals surface area contributed by atoms with Crippen molar-refractivity contribution in [2.75, 3.05) is 26.7 Å². The molecule has 0 aromatic rings. The molecule has 0 saturated carbocycles. The van der Waals surface area contributed by atoms with Crippen LogP contribution in [0.2, 0.25) is 0 Å². The van der Waals surface area contributed by atoms with E-state index < -0.39 is 0 Å². The smallest absolute Gasteiger partial charge is 0.132 e. The van der Waals surface area contributed by atoms with Gasteiger partial charge in [0, 0.05) is 13.0 Å². The molecule has 0 bridgehead atoms. The molecule has 0 radical (unpaired) electrons. The molecule has 0 aliphatic rings. The fourth-order valence-corrected chi connectivity index (χ4v) is 1.75. The van der Waals surface area contributed by atoms with Gasteiger partial charge >= 0.3 is 0 Å². The van der Waals surface area contributed by atoms with Gasteiger partial charge in [0.05, 0.1) is 12.3 Å². The first-order valence-corrected chi connectivity index (χ1v) is 7.19. The van der Waals surface area contributed by atoms with Crippen molar-refractivity contribution in [2.24, 2.45) is 0 Å². The molecular formula is C15H30N2O. The molecule has 0 rings (SSSR count). The molecule has 0 aromatic carbocycles. The van der Waals surface area contributed by atoms with Crippen LogP contribution in [-0.4, -0.2) is 37.4 Å². The Balaban J connectivity index is 3.60. The first kappa shape index (κ1) is 17.2. The number of allylic oxidation sites excluding steroid dienone is 1. The van der Waals surface area contributed by atoms with Crippen LogP contribution in [0.15, 0.2) is 12.3 Å². The lowest BCUT2D eigenvalue weighted by Crippen LogP contribution is -2.23. The Hall–Kier alpha value is -0.830. The molecule has 106 valence electrons. The Morgan fingerprint density at radius 2 is 1.83 bits per heavy atom. The fraction of sp³-hybridized carbons (Fsp3) is 0.800. The summed E-state index contributed by atoms with van der Waals surface area (Å²) in [5, 5.41) is 7.89. The van der Waals surface area contributed by atoms with Crippen LogP contribution < -0.4 is 0 Å². The van der Waals surface area contributed by atoms with Gasteiger partial charge in [-0.3, -0.25) is 0 Å². The van der Waals surface area contributed by atoms with Crippen LogP contribution in [0.4, 0.5) is 0 Å². The summed E-state index contributed by atoms with van der Waals surface area (Å²) in [4.78, 5) is 2.24. The molecule has 0 aromatic heterocycles. The van der Waals surface area contributed by atoms with E-state index in [0.29, 0.717) is 18.1 Å². The van der Waals surface area contributed by atoms with Crippen LogP contribution in [0.1, 0.15) is 52.4 Å². The number of hydrogen-bond donors (Lipinski definition) is 1. The van der Waals surface area contributed by atoms with E-state index in [0.717, 1.165) is 32.4 Å². The summed E-state index contributed by atoms with van der Waals surface area (Å²) in [6.45, 7) is 10.9. The number of hydrogen-bond acceptors (Lipinski definition) is 3. The van der Waals surface area contributed by atoms with E-state index in [1.807, 2.05) is 0 Å². The summed E-state index contributed by atoms with van der Waals surface area (Å²) in [5.74, 6) is 0.552. The number of nitrogens with one attached hydrogen (secondary N) is 1. The monoisotopic (exact) mass is 254 g/mol. The SMILES string of the molecule is C=C(OCCCCCC)C(=N)CCN(C)CCC. The Morgan fingerprint density at radius 3 is 2.44 bits per heavy atom. The van der Waals surface area contributed by atoms with Crippen molar-refractivity contribution >= 4 is 5.71 Å². The van der Waals surface area contributed by atoms with E-state index in [9.17, 15) is 0 Å². The van der Waals surface area contributed by atoms with Crippen LogP contribution in [-0.2, 0) is 4.74 Å². The second kappa shape index (κ2) is 11.3. The van der Waals surface area contributed by atoms with Gasteiger partial charge in [-0.2, -0.15) is 0 Å². The maximum absolute atomic E-state index is 7.89. The van der Waals surface area contributed by atoms with Crippen molar-refractivity contribution in [3.05, 3.63) is 12.3 Å². The predicted octanol–water partition coefficient (Wildman–Crippen LogP) is 3.85. The highest BCUT2D eigenvalue weighted by molar-refractivity contribution is 5.95. The molecule has 18 heavy (non-hydrogen) atoms. The van der Waals surface area contributed by atoms with Crippen molar-refractivity contribution in [1.29, 1.82) is 5.41 Å². The lowest BCUT2D eigenvalue weighted by Gasteiger charge is -2.16. The number of ether oxygens (including phenoxy) is 1. The highest BCUT2D eigenvalue weighted by Crippen LogP contribution is 2.05. The van der Waals surface area contributed by atoms with Gasteiger partial charge in [-0.15, -0.1) is 0 Å². The lowest BCUT2D eigenvalue weighted by molar-refractivity contribution is 0.222. The topological polar surface area (TPSA) is 36.3 Å². The van der Waals surface area contributed by atoms with Crippen molar-refractivity contribution in [1.82, 2.24) is 4.90 Å². The highest BCUT2D eigenvalue weighted by Gasteiger charge is 2.05. The summed E-state index contributed by atoms with van der Waals surface area (Å²) in [5.41, 5.74) is 0.536. The molecule has 0 fully saturated rings. The van der Waals surface area contributed by atoms with Gasteiger partial charge < -0.3 is 15.0 Å². The number of unbranched alkanes of at least 4 members (excludes halogenated alkanes) is 3. The van der Waals surface area contributed by atoms with Gasteiger partial charge in [0.1, 0.15) is 5.76 Å².